The minimum absolute atomic E-state index is 0.170. The molecular formula is C25H22N2O5. The Bertz CT molecular complexity index is 1170. The highest BCUT2D eigenvalue weighted by molar-refractivity contribution is 5.87. The van der Waals surface area contributed by atoms with Gasteiger partial charge in [-0.15, -0.1) is 0 Å². The largest absolute Gasteiger partial charge is 0.464 e. The summed E-state index contributed by atoms with van der Waals surface area (Å²) >= 11 is 0. The Morgan fingerprint density at radius 2 is 1.75 bits per heavy atom. The molecule has 0 saturated heterocycles. The van der Waals surface area contributed by atoms with E-state index in [1.807, 2.05) is 54.6 Å². The molecule has 162 valence electrons. The summed E-state index contributed by atoms with van der Waals surface area (Å²) in [5.41, 5.74) is 1.67. The van der Waals surface area contributed by atoms with Gasteiger partial charge in [0.05, 0.1) is 13.3 Å². The Kier molecular flexibility index (Phi) is 6.57. The van der Waals surface area contributed by atoms with Crippen LogP contribution in [0.2, 0.25) is 0 Å². The molecule has 0 amide bonds. The number of rotatable bonds is 8. The maximum Gasteiger partial charge on any atom is 0.356 e. The van der Waals surface area contributed by atoms with Crippen LogP contribution in [-0.2, 0) is 11.2 Å². The van der Waals surface area contributed by atoms with Crippen LogP contribution in [0.15, 0.2) is 83.4 Å². The van der Waals surface area contributed by atoms with Crippen molar-refractivity contribution in [2.45, 2.75) is 18.9 Å². The van der Waals surface area contributed by atoms with E-state index in [1.54, 1.807) is 18.2 Å². The number of pyridine rings is 1. The van der Waals surface area contributed by atoms with Crippen molar-refractivity contribution in [2.75, 3.05) is 7.11 Å². The van der Waals surface area contributed by atoms with Crippen LogP contribution in [0.4, 0.5) is 0 Å². The first-order valence-corrected chi connectivity index (χ1v) is 10.1. The van der Waals surface area contributed by atoms with E-state index in [9.17, 15) is 9.90 Å². The molecule has 0 bridgehead atoms. The minimum Gasteiger partial charge on any atom is -0.464 e. The van der Waals surface area contributed by atoms with E-state index in [2.05, 4.69) is 14.7 Å². The number of aliphatic hydroxyl groups excluding tert-OH is 1. The predicted molar refractivity (Wildman–Crippen MR) is 117 cm³/mol. The number of para-hydroxylation sites is 1. The smallest absolute Gasteiger partial charge is 0.356 e. The third-order valence-corrected chi connectivity index (χ3v) is 4.81. The molecule has 0 fully saturated rings. The Labute approximate surface area is 185 Å². The predicted octanol–water partition coefficient (Wildman–Crippen LogP) is 4.98. The summed E-state index contributed by atoms with van der Waals surface area (Å²) < 4.78 is 16.2. The van der Waals surface area contributed by atoms with Crippen LogP contribution in [-0.4, -0.2) is 28.2 Å². The van der Waals surface area contributed by atoms with Crippen molar-refractivity contribution >= 4 is 5.97 Å². The van der Waals surface area contributed by atoms with Crippen LogP contribution in [0.25, 0.3) is 11.5 Å². The standard InChI is InChI=1S/C25H22N2O5/c1-30-25(29)21-9-5-8-20(27-21)23-16-26-24(32-23)22(28)15-12-17-10-13-19(14-11-17)31-18-6-3-2-4-7-18/h2-11,13-14,16,22,28H,12,15H2,1H3. The Morgan fingerprint density at radius 3 is 2.50 bits per heavy atom. The zero-order valence-electron chi connectivity index (χ0n) is 17.5. The van der Waals surface area contributed by atoms with Gasteiger partial charge in [-0.25, -0.2) is 14.8 Å². The van der Waals surface area contributed by atoms with Crippen LogP contribution >= 0.6 is 0 Å². The third-order valence-electron chi connectivity index (χ3n) is 4.81. The highest BCUT2D eigenvalue weighted by atomic mass is 16.5. The number of ether oxygens (including phenoxy) is 2. The number of esters is 1. The number of hydrogen-bond donors (Lipinski definition) is 1. The van der Waals surface area contributed by atoms with Crippen molar-refractivity contribution in [3.05, 3.63) is 96.1 Å². The molecule has 32 heavy (non-hydrogen) atoms. The summed E-state index contributed by atoms with van der Waals surface area (Å²) in [6.07, 6.45) is 1.69. The molecule has 0 radical (unpaired) electrons. The summed E-state index contributed by atoms with van der Waals surface area (Å²) in [6, 6.07) is 22.2. The van der Waals surface area contributed by atoms with Crippen molar-refractivity contribution in [3.63, 3.8) is 0 Å². The molecule has 1 atom stereocenters. The Morgan fingerprint density at radius 1 is 1.00 bits per heavy atom. The lowest BCUT2D eigenvalue weighted by Gasteiger charge is -2.08. The van der Waals surface area contributed by atoms with E-state index in [1.165, 1.54) is 13.3 Å². The number of aromatic nitrogens is 2. The lowest BCUT2D eigenvalue weighted by atomic mass is 10.1. The van der Waals surface area contributed by atoms with Crippen molar-refractivity contribution < 1.29 is 23.8 Å². The lowest BCUT2D eigenvalue weighted by Crippen LogP contribution is -2.04. The average molecular weight is 430 g/mol. The molecule has 7 heteroatoms. The molecule has 0 saturated carbocycles. The van der Waals surface area contributed by atoms with Crippen molar-refractivity contribution in [1.82, 2.24) is 9.97 Å². The third kappa shape index (κ3) is 5.19. The van der Waals surface area contributed by atoms with Crippen LogP contribution in [0.1, 0.15) is 34.5 Å². The van der Waals surface area contributed by atoms with Gasteiger partial charge in [-0.3, -0.25) is 0 Å². The van der Waals surface area contributed by atoms with Gasteiger partial charge in [-0.1, -0.05) is 36.4 Å². The monoisotopic (exact) mass is 430 g/mol. The van der Waals surface area contributed by atoms with Crippen molar-refractivity contribution in [1.29, 1.82) is 0 Å². The molecule has 0 aliphatic heterocycles. The summed E-state index contributed by atoms with van der Waals surface area (Å²) in [5.74, 6) is 1.56. The van der Waals surface area contributed by atoms with Gasteiger partial charge in [0.2, 0.25) is 5.89 Å². The Balaban J connectivity index is 1.35. The number of nitrogens with zero attached hydrogens (tertiary/aromatic N) is 2. The quantitative estimate of drug-likeness (QED) is 0.394. The molecule has 4 rings (SSSR count). The molecule has 2 aromatic carbocycles. The molecule has 4 aromatic rings. The van der Waals surface area contributed by atoms with Gasteiger partial charge in [0.15, 0.2) is 5.76 Å². The van der Waals surface area contributed by atoms with Gasteiger partial charge >= 0.3 is 5.97 Å². The summed E-state index contributed by atoms with van der Waals surface area (Å²) in [6.45, 7) is 0. The van der Waals surface area contributed by atoms with E-state index in [-0.39, 0.29) is 11.6 Å². The highest BCUT2D eigenvalue weighted by Crippen LogP contribution is 2.26. The number of carbonyl (C=O) groups excluding carboxylic acids is 1. The zero-order valence-corrected chi connectivity index (χ0v) is 17.5. The number of hydrogen-bond acceptors (Lipinski definition) is 7. The van der Waals surface area contributed by atoms with E-state index in [0.717, 1.165) is 17.1 Å². The van der Waals surface area contributed by atoms with E-state index >= 15 is 0 Å². The van der Waals surface area contributed by atoms with Crippen LogP contribution in [0.3, 0.4) is 0 Å². The van der Waals surface area contributed by atoms with Gasteiger partial charge in [-0.05, 0) is 54.8 Å². The van der Waals surface area contributed by atoms with E-state index < -0.39 is 12.1 Å². The number of carbonyl (C=O) groups is 1. The first-order valence-electron chi connectivity index (χ1n) is 10.1. The fourth-order valence-corrected chi connectivity index (χ4v) is 3.13. The van der Waals surface area contributed by atoms with E-state index in [0.29, 0.717) is 24.3 Å². The van der Waals surface area contributed by atoms with Gasteiger partial charge in [0.25, 0.3) is 0 Å². The maximum absolute atomic E-state index is 11.7. The molecular weight excluding hydrogens is 408 g/mol. The fraction of sp³-hybridized carbons (Fsp3) is 0.160. The molecule has 0 aliphatic rings. The van der Waals surface area contributed by atoms with Crippen LogP contribution in [0, 0.1) is 0 Å². The number of methoxy groups -OCH3 is 1. The second kappa shape index (κ2) is 9.89. The summed E-state index contributed by atoms with van der Waals surface area (Å²) in [4.78, 5) is 20.0. The van der Waals surface area contributed by atoms with Gasteiger partial charge < -0.3 is 19.0 Å². The first kappa shape index (κ1) is 21.3. The molecule has 7 nitrogen and oxygen atoms in total. The van der Waals surface area contributed by atoms with E-state index in [4.69, 9.17) is 9.15 Å². The lowest BCUT2D eigenvalue weighted by molar-refractivity contribution is 0.0594. The van der Waals surface area contributed by atoms with Crippen LogP contribution in [0.5, 0.6) is 11.5 Å². The molecule has 0 spiro atoms. The molecule has 1 N–H and O–H groups in total. The molecule has 0 aliphatic carbocycles. The first-order chi connectivity index (χ1) is 15.6. The molecule has 1 unspecified atom stereocenters. The fourth-order valence-electron chi connectivity index (χ4n) is 3.13. The SMILES string of the molecule is COC(=O)c1cccc(-c2cnc(C(O)CCc3ccc(Oc4ccccc4)cc3)o2)n1. The normalized spacial score (nSPS) is 11.7. The average Bonchev–Trinajstić information content (AvgIpc) is 3.34. The van der Waals surface area contributed by atoms with Crippen LogP contribution < -0.4 is 4.74 Å². The number of aliphatic hydroxyl groups is 1. The number of benzene rings is 2. The second-order valence-electron chi connectivity index (χ2n) is 7.08. The van der Waals surface area contributed by atoms with Gasteiger partial charge in [0, 0.05) is 0 Å². The van der Waals surface area contributed by atoms with Gasteiger partial charge in [0.1, 0.15) is 29.0 Å². The molecule has 2 aromatic heterocycles. The Hall–Kier alpha value is -3.97. The zero-order chi connectivity index (χ0) is 22.3. The minimum atomic E-state index is -0.868. The maximum atomic E-state index is 11.7. The molecule has 2 heterocycles. The topological polar surface area (TPSA) is 94.7 Å². The second-order valence-corrected chi connectivity index (χ2v) is 7.08. The van der Waals surface area contributed by atoms with Gasteiger partial charge in [-0.2, -0.15) is 0 Å². The van der Waals surface area contributed by atoms with Crippen molar-refractivity contribution in [3.8, 4) is 23.0 Å². The number of oxazole rings is 1. The summed E-state index contributed by atoms with van der Waals surface area (Å²) in [7, 11) is 1.30. The number of aryl methyl sites for hydroxylation is 1. The van der Waals surface area contributed by atoms with Crippen molar-refractivity contribution in [2.24, 2.45) is 0 Å². The highest BCUT2D eigenvalue weighted by Gasteiger charge is 2.17. The summed E-state index contributed by atoms with van der Waals surface area (Å²) in [5, 5.41) is 10.5.